The van der Waals surface area contributed by atoms with Crippen LogP contribution in [0.25, 0.3) is 0 Å². The van der Waals surface area contributed by atoms with Gasteiger partial charge < -0.3 is 39.5 Å². The van der Waals surface area contributed by atoms with Crippen molar-refractivity contribution in [1.82, 2.24) is 4.90 Å². The number of rotatable bonds is 2. The summed E-state index contributed by atoms with van der Waals surface area (Å²) in [6.45, 7) is 7.52. The lowest BCUT2D eigenvalue weighted by Gasteiger charge is -2.47. The summed E-state index contributed by atoms with van der Waals surface area (Å²) in [6, 6.07) is -0.988. The molecule has 1 amide bonds. The number of allylic oxidation sites excluding steroid dienone is 2. The average molecular weight is 595 g/mol. The maximum atomic E-state index is 13.7. The van der Waals surface area contributed by atoms with Crippen LogP contribution >= 0.6 is 0 Å². The molecule has 0 spiro atoms. The second-order valence-corrected chi connectivity index (χ2v) is 12.6. The number of nitrogens with one attached hydrogen (secondary N) is 1. The smallest absolute Gasteiger partial charge is 0.328 e. The molecule has 3 rings (SSSR count). The zero-order chi connectivity index (χ0) is 31.2. The van der Waals surface area contributed by atoms with Crippen LogP contribution in [0.4, 0.5) is 0 Å². The number of ketones is 1. The summed E-state index contributed by atoms with van der Waals surface area (Å²) in [5.74, 6) is -6.26. The molecule has 2 bridgehead atoms. The highest BCUT2D eigenvalue weighted by molar-refractivity contribution is 6.39. The Kier molecular flexibility index (Phi) is 12.3. The molecule has 0 aromatic heterocycles. The molecule has 2 saturated heterocycles. The number of Topliss-reactive ketones (excluding diaryl/α,β-unsaturated/α-hetero) is 1. The second kappa shape index (κ2) is 15.0. The third kappa shape index (κ3) is 8.05. The van der Waals surface area contributed by atoms with E-state index in [4.69, 9.17) is 24.4 Å². The van der Waals surface area contributed by atoms with Crippen molar-refractivity contribution >= 4 is 23.4 Å². The molecule has 3 heterocycles. The summed E-state index contributed by atoms with van der Waals surface area (Å²) in [5, 5.41) is 30.7. The van der Waals surface area contributed by atoms with E-state index in [1.807, 2.05) is 13.0 Å². The van der Waals surface area contributed by atoms with Crippen molar-refractivity contribution in [2.75, 3.05) is 27.4 Å². The Balaban J connectivity index is 1.96. The topological polar surface area (TPSA) is 156 Å². The third-order valence-corrected chi connectivity index (χ3v) is 9.07. The minimum absolute atomic E-state index is 0.0886. The van der Waals surface area contributed by atoms with E-state index in [0.29, 0.717) is 37.8 Å². The molecule has 0 radical (unpaired) electrons. The van der Waals surface area contributed by atoms with E-state index in [1.165, 1.54) is 12.0 Å². The van der Waals surface area contributed by atoms with Gasteiger partial charge in [0.15, 0.2) is 0 Å². The molecule has 0 unspecified atom stereocenters. The summed E-state index contributed by atoms with van der Waals surface area (Å²) in [7, 11) is 3.08. The van der Waals surface area contributed by atoms with Gasteiger partial charge >= 0.3 is 5.97 Å². The van der Waals surface area contributed by atoms with Crippen molar-refractivity contribution in [3.8, 4) is 0 Å². The van der Waals surface area contributed by atoms with Crippen LogP contribution in [0.2, 0.25) is 0 Å². The minimum Gasteiger partial charge on any atom is -0.464 e. The molecule has 2 fully saturated rings. The van der Waals surface area contributed by atoms with Gasteiger partial charge in [0.2, 0.25) is 5.79 Å². The molecule has 11 heteroatoms. The zero-order valence-electron chi connectivity index (χ0n) is 26.0. The molecule has 42 heavy (non-hydrogen) atoms. The highest BCUT2D eigenvalue weighted by Gasteiger charge is 2.56. The first-order valence-corrected chi connectivity index (χ1v) is 15.2. The molecule has 3 N–H and O–H groups in total. The molecule has 0 aromatic rings. The predicted octanol–water partition coefficient (Wildman–Crippen LogP) is 2.80. The number of methoxy groups -OCH3 is 2. The van der Waals surface area contributed by atoms with Crippen LogP contribution in [-0.4, -0.2) is 102 Å². The monoisotopic (exact) mass is 594 g/mol. The van der Waals surface area contributed by atoms with Gasteiger partial charge in [0.25, 0.3) is 11.7 Å². The largest absolute Gasteiger partial charge is 0.464 e. The Morgan fingerprint density at radius 3 is 2.38 bits per heavy atom. The number of cyclic esters (lactones) is 1. The predicted molar refractivity (Wildman–Crippen MR) is 155 cm³/mol. The molecule has 238 valence electrons. The third-order valence-electron chi connectivity index (χ3n) is 9.07. The minimum atomic E-state index is -2.42. The first-order valence-electron chi connectivity index (χ1n) is 15.2. The summed E-state index contributed by atoms with van der Waals surface area (Å²) in [6.07, 6.45) is 2.92. The molecule has 0 aromatic carbocycles. The van der Waals surface area contributed by atoms with E-state index < -0.39 is 65.7 Å². The van der Waals surface area contributed by atoms with Gasteiger partial charge in [-0.2, -0.15) is 0 Å². The SMILES string of the molecule is CO[C@H]1C[C@@H](C)C/C(C)=C/CC(=N)C[C@H](O)[C@@H](C)COC(=O)[C@@H]2CCCCN2C(=O)C(=O)[C@]2(O)O[C@H]1[C@@H](OC)C[C@H]2C. The van der Waals surface area contributed by atoms with E-state index in [9.17, 15) is 24.6 Å². The molecule has 3 aliphatic rings. The molecule has 9 atom stereocenters. The average Bonchev–Trinajstić information content (AvgIpc) is 2.97. The van der Waals surface area contributed by atoms with Crippen LogP contribution in [0, 0.1) is 23.2 Å². The fourth-order valence-corrected chi connectivity index (χ4v) is 6.30. The Hall–Kier alpha value is -2.18. The lowest BCUT2D eigenvalue weighted by Crippen LogP contribution is -2.64. The van der Waals surface area contributed by atoms with Gasteiger partial charge in [-0.15, -0.1) is 0 Å². The van der Waals surface area contributed by atoms with E-state index in [-0.39, 0.29) is 31.9 Å². The number of esters is 1. The van der Waals surface area contributed by atoms with Gasteiger partial charge in [0.1, 0.15) is 12.1 Å². The fraction of sp³-hybridized carbons (Fsp3) is 0.806. The van der Waals surface area contributed by atoms with Gasteiger partial charge in [0.05, 0.1) is 24.9 Å². The molecule has 3 aliphatic heterocycles. The normalized spacial score (nSPS) is 39.9. The maximum absolute atomic E-state index is 13.7. The van der Waals surface area contributed by atoms with Gasteiger partial charge in [-0.1, -0.05) is 32.4 Å². The first-order chi connectivity index (χ1) is 19.8. The highest BCUT2D eigenvalue weighted by atomic mass is 16.7. The lowest BCUT2D eigenvalue weighted by atomic mass is 9.82. The van der Waals surface area contributed by atoms with Crippen LogP contribution in [0.15, 0.2) is 11.6 Å². The first kappa shape index (κ1) is 34.3. The number of hydrogen-bond donors (Lipinski definition) is 3. The van der Waals surface area contributed by atoms with Crippen molar-refractivity contribution in [1.29, 1.82) is 5.41 Å². The van der Waals surface area contributed by atoms with E-state index in [0.717, 1.165) is 12.0 Å². The Labute approximate surface area is 249 Å². The number of hydrogen-bond acceptors (Lipinski definition) is 10. The Bertz CT molecular complexity index is 1020. The number of amides is 1. The zero-order valence-corrected chi connectivity index (χ0v) is 26.0. The van der Waals surface area contributed by atoms with Gasteiger partial charge in [-0.3, -0.25) is 9.59 Å². The number of fused-ring (bicyclic) bond motifs is 3. The number of carbonyl (C=O) groups excluding carboxylic acids is 3. The number of carbonyl (C=O) groups is 3. The summed E-state index contributed by atoms with van der Waals surface area (Å²) in [5.41, 5.74) is 1.46. The maximum Gasteiger partial charge on any atom is 0.328 e. The van der Waals surface area contributed by atoms with Crippen molar-refractivity contribution in [3.63, 3.8) is 0 Å². The van der Waals surface area contributed by atoms with Crippen LogP contribution < -0.4 is 0 Å². The highest BCUT2D eigenvalue weighted by Crippen LogP contribution is 2.38. The number of aliphatic hydroxyl groups is 2. The van der Waals surface area contributed by atoms with Crippen LogP contribution in [0.1, 0.15) is 79.1 Å². The Morgan fingerprint density at radius 1 is 1.05 bits per heavy atom. The van der Waals surface area contributed by atoms with Crippen LogP contribution in [-0.2, 0) is 33.3 Å². The molecular weight excluding hydrogens is 544 g/mol. The number of piperidine rings is 1. The van der Waals surface area contributed by atoms with Crippen molar-refractivity contribution in [3.05, 3.63) is 11.6 Å². The van der Waals surface area contributed by atoms with Gasteiger partial charge in [-0.25, -0.2) is 4.79 Å². The number of aliphatic hydroxyl groups excluding tert-OH is 1. The van der Waals surface area contributed by atoms with Crippen molar-refractivity contribution in [2.24, 2.45) is 17.8 Å². The number of ether oxygens (including phenoxy) is 4. The van der Waals surface area contributed by atoms with E-state index in [1.54, 1.807) is 21.0 Å². The molecule has 0 saturated carbocycles. The van der Waals surface area contributed by atoms with Crippen molar-refractivity contribution in [2.45, 2.75) is 115 Å². The fourth-order valence-electron chi connectivity index (χ4n) is 6.30. The van der Waals surface area contributed by atoms with Gasteiger partial charge in [-0.05, 0) is 51.4 Å². The van der Waals surface area contributed by atoms with E-state index in [2.05, 4.69) is 6.92 Å². The molecule has 11 nitrogen and oxygen atoms in total. The summed E-state index contributed by atoms with van der Waals surface area (Å²) in [4.78, 5) is 41.7. The molecular formula is C31H50N2O9. The summed E-state index contributed by atoms with van der Waals surface area (Å²) >= 11 is 0. The molecule has 0 aliphatic carbocycles. The lowest BCUT2D eigenvalue weighted by molar-refractivity contribution is -0.302. The quantitative estimate of drug-likeness (QED) is 0.249. The Morgan fingerprint density at radius 2 is 1.71 bits per heavy atom. The van der Waals surface area contributed by atoms with E-state index >= 15 is 0 Å². The summed E-state index contributed by atoms with van der Waals surface area (Å²) < 4.78 is 23.2. The number of nitrogens with zero attached hydrogens (tertiary/aromatic N) is 1. The van der Waals surface area contributed by atoms with Crippen LogP contribution in [0.3, 0.4) is 0 Å². The van der Waals surface area contributed by atoms with Gasteiger partial charge in [0, 0.05) is 51.2 Å². The standard InChI is InChI=1S/C31H50N2O9/c1-18-10-11-22(32)16-24(34)20(3)17-41-30(37)23-9-7-8-12-33(23)29(36)28(35)31(38)21(4)15-26(40-6)27(42-31)25(39-5)14-19(2)13-18/h10,19-21,23-27,32,34,38H,7-9,11-17H2,1-6H3/b18-10+,32-22?/t19-,20-,21+,23-,24-,25-,26-,27+,31+/m0/s1. The van der Waals surface area contributed by atoms with Crippen LogP contribution in [0.5, 0.6) is 0 Å². The second-order valence-electron chi connectivity index (χ2n) is 12.6. The van der Waals surface area contributed by atoms with Crippen molar-refractivity contribution < 1.29 is 43.5 Å².